The second kappa shape index (κ2) is 2.82. The lowest BCUT2D eigenvalue weighted by Gasteiger charge is -2.36. The molecule has 0 aromatic carbocycles. The Labute approximate surface area is 70.9 Å². The molecule has 10 heavy (non-hydrogen) atoms. The lowest BCUT2D eigenvalue weighted by atomic mass is 9.81. The van der Waals surface area contributed by atoms with Gasteiger partial charge in [-0.2, -0.15) is 0 Å². The highest BCUT2D eigenvalue weighted by molar-refractivity contribution is 9.09. The van der Waals surface area contributed by atoms with E-state index < -0.39 is 5.60 Å². The van der Waals surface area contributed by atoms with Gasteiger partial charge < -0.3 is 5.11 Å². The van der Waals surface area contributed by atoms with Crippen molar-refractivity contribution in [2.75, 3.05) is 0 Å². The van der Waals surface area contributed by atoms with Gasteiger partial charge in [0, 0.05) is 4.83 Å². The standard InChI is InChI=1S/C8H15BrO/c1-6-3-4-8(2,10)7(9)5-6/h6-7,10H,3-5H2,1-2H3. The maximum Gasteiger partial charge on any atom is 0.0744 e. The molecule has 0 radical (unpaired) electrons. The van der Waals surface area contributed by atoms with Crippen LogP contribution in [0.5, 0.6) is 0 Å². The first-order valence-electron chi connectivity index (χ1n) is 3.89. The van der Waals surface area contributed by atoms with E-state index in [-0.39, 0.29) is 0 Å². The molecule has 1 aliphatic rings. The topological polar surface area (TPSA) is 20.2 Å². The average molecular weight is 207 g/mol. The Hall–Kier alpha value is 0.440. The molecule has 2 heteroatoms. The second-order valence-electron chi connectivity index (χ2n) is 3.70. The third kappa shape index (κ3) is 1.73. The van der Waals surface area contributed by atoms with Crippen molar-refractivity contribution in [3.63, 3.8) is 0 Å². The van der Waals surface area contributed by atoms with Crippen molar-refractivity contribution in [3.05, 3.63) is 0 Å². The first-order valence-corrected chi connectivity index (χ1v) is 4.80. The Morgan fingerprint density at radius 1 is 1.60 bits per heavy atom. The monoisotopic (exact) mass is 206 g/mol. The molecule has 0 amide bonds. The van der Waals surface area contributed by atoms with Crippen molar-refractivity contribution in [1.82, 2.24) is 0 Å². The van der Waals surface area contributed by atoms with Gasteiger partial charge in [-0.05, 0) is 32.1 Å². The fraction of sp³-hybridized carbons (Fsp3) is 1.00. The zero-order chi connectivity index (χ0) is 7.78. The van der Waals surface area contributed by atoms with Crippen LogP contribution in [0.2, 0.25) is 0 Å². The highest BCUT2D eigenvalue weighted by Gasteiger charge is 2.34. The summed E-state index contributed by atoms with van der Waals surface area (Å²) in [5.74, 6) is 0.768. The van der Waals surface area contributed by atoms with Crippen LogP contribution < -0.4 is 0 Å². The number of hydrogen-bond donors (Lipinski definition) is 1. The molecule has 1 saturated carbocycles. The van der Waals surface area contributed by atoms with Crippen molar-refractivity contribution in [2.24, 2.45) is 5.92 Å². The summed E-state index contributed by atoms with van der Waals surface area (Å²) in [5.41, 5.74) is -0.466. The molecule has 3 unspecified atom stereocenters. The smallest absolute Gasteiger partial charge is 0.0744 e. The fourth-order valence-corrected chi connectivity index (χ4v) is 2.29. The van der Waals surface area contributed by atoms with Crippen molar-refractivity contribution >= 4 is 15.9 Å². The van der Waals surface area contributed by atoms with Gasteiger partial charge in [0.25, 0.3) is 0 Å². The molecular weight excluding hydrogens is 192 g/mol. The number of halogens is 1. The number of rotatable bonds is 0. The third-order valence-electron chi connectivity index (χ3n) is 2.43. The van der Waals surface area contributed by atoms with Crippen molar-refractivity contribution < 1.29 is 5.11 Å². The highest BCUT2D eigenvalue weighted by Crippen LogP contribution is 2.35. The highest BCUT2D eigenvalue weighted by atomic mass is 79.9. The predicted molar refractivity (Wildman–Crippen MR) is 46.4 cm³/mol. The van der Waals surface area contributed by atoms with Gasteiger partial charge in [0.05, 0.1) is 5.60 Å². The van der Waals surface area contributed by atoms with Crippen molar-refractivity contribution in [1.29, 1.82) is 0 Å². The van der Waals surface area contributed by atoms with E-state index in [9.17, 15) is 5.11 Å². The molecule has 0 aliphatic heterocycles. The number of alkyl halides is 1. The summed E-state index contributed by atoms with van der Waals surface area (Å²) < 4.78 is 0. The molecule has 1 nitrogen and oxygen atoms in total. The lowest BCUT2D eigenvalue weighted by Crippen LogP contribution is -2.40. The molecule has 0 saturated heterocycles. The van der Waals surface area contributed by atoms with Crippen molar-refractivity contribution in [2.45, 2.75) is 43.5 Å². The molecule has 60 valence electrons. The van der Waals surface area contributed by atoms with Gasteiger partial charge in [0.2, 0.25) is 0 Å². The minimum atomic E-state index is -0.466. The largest absolute Gasteiger partial charge is 0.389 e. The van der Waals surface area contributed by atoms with Gasteiger partial charge in [0.15, 0.2) is 0 Å². The van der Waals surface area contributed by atoms with E-state index >= 15 is 0 Å². The normalized spacial score (nSPS) is 49.2. The minimum Gasteiger partial charge on any atom is -0.389 e. The minimum absolute atomic E-state index is 0.295. The van der Waals surface area contributed by atoms with Crippen LogP contribution in [-0.4, -0.2) is 15.5 Å². The molecule has 1 aliphatic carbocycles. The first kappa shape index (κ1) is 8.54. The van der Waals surface area contributed by atoms with Gasteiger partial charge in [-0.25, -0.2) is 0 Å². The number of hydrogen-bond acceptors (Lipinski definition) is 1. The molecule has 1 fully saturated rings. The maximum absolute atomic E-state index is 9.71. The second-order valence-corrected chi connectivity index (χ2v) is 4.81. The predicted octanol–water partition coefficient (Wildman–Crippen LogP) is 2.32. The van der Waals surface area contributed by atoms with Crippen LogP contribution in [0, 0.1) is 5.92 Å². The van der Waals surface area contributed by atoms with Crippen molar-refractivity contribution in [3.8, 4) is 0 Å². The molecule has 0 heterocycles. The van der Waals surface area contributed by atoms with Gasteiger partial charge in [0.1, 0.15) is 0 Å². The Bertz CT molecular complexity index is 122. The first-order chi connectivity index (χ1) is 4.52. The number of aliphatic hydroxyl groups is 1. The SMILES string of the molecule is CC1CCC(C)(O)C(Br)C1. The summed E-state index contributed by atoms with van der Waals surface area (Å²) in [6, 6.07) is 0. The van der Waals surface area contributed by atoms with E-state index in [4.69, 9.17) is 0 Å². The summed E-state index contributed by atoms with van der Waals surface area (Å²) in [5, 5.41) is 9.71. The summed E-state index contributed by atoms with van der Waals surface area (Å²) >= 11 is 3.50. The summed E-state index contributed by atoms with van der Waals surface area (Å²) in [4.78, 5) is 0.295. The van der Waals surface area contributed by atoms with Gasteiger partial charge in [-0.15, -0.1) is 0 Å². The zero-order valence-electron chi connectivity index (χ0n) is 6.60. The summed E-state index contributed by atoms with van der Waals surface area (Å²) in [6.07, 6.45) is 3.20. The van der Waals surface area contributed by atoms with E-state index in [0.717, 1.165) is 25.2 Å². The van der Waals surface area contributed by atoms with Crippen LogP contribution in [0.4, 0.5) is 0 Å². The van der Waals surface area contributed by atoms with E-state index in [0.29, 0.717) is 4.83 Å². The van der Waals surface area contributed by atoms with E-state index in [2.05, 4.69) is 22.9 Å². The van der Waals surface area contributed by atoms with Gasteiger partial charge >= 0.3 is 0 Å². The molecule has 0 spiro atoms. The van der Waals surface area contributed by atoms with Gasteiger partial charge in [-0.3, -0.25) is 0 Å². The Kier molecular flexibility index (Phi) is 2.41. The Morgan fingerprint density at radius 3 is 2.60 bits per heavy atom. The third-order valence-corrected chi connectivity index (χ3v) is 3.79. The van der Waals surface area contributed by atoms with Crippen LogP contribution in [0.3, 0.4) is 0 Å². The van der Waals surface area contributed by atoms with E-state index in [1.54, 1.807) is 0 Å². The summed E-state index contributed by atoms with van der Waals surface area (Å²) in [7, 11) is 0. The lowest BCUT2D eigenvalue weighted by molar-refractivity contribution is 0.0194. The van der Waals surface area contributed by atoms with Crippen LogP contribution in [0.25, 0.3) is 0 Å². The maximum atomic E-state index is 9.71. The van der Waals surface area contributed by atoms with E-state index in [1.165, 1.54) is 0 Å². The van der Waals surface area contributed by atoms with Crippen LogP contribution >= 0.6 is 15.9 Å². The summed E-state index contributed by atoms with van der Waals surface area (Å²) in [6.45, 7) is 4.15. The average Bonchev–Trinajstić information content (AvgIpc) is 1.81. The van der Waals surface area contributed by atoms with Crippen LogP contribution in [-0.2, 0) is 0 Å². The molecule has 0 aromatic rings. The van der Waals surface area contributed by atoms with Crippen LogP contribution in [0.15, 0.2) is 0 Å². The van der Waals surface area contributed by atoms with Gasteiger partial charge in [-0.1, -0.05) is 22.9 Å². The molecule has 1 rings (SSSR count). The quantitative estimate of drug-likeness (QED) is 0.604. The molecule has 0 bridgehead atoms. The molecule has 1 N–H and O–H groups in total. The molecular formula is C8H15BrO. The Balaban J connectivity index is 2.52. The molecule has 3 atom stereocenters. The fourth-order valence-electron chi connectivity index (χ4n) is 1.42. The Morgan fingerprint density at radius 2 is 2.20 bits per heavy atom. The molecule has 0 aromatic heterocycles. The zero-order valence-corrected chi connectivity index (χ0v) is 8.19. The van der Waals surface area contributed by atoms with E-state index in [1.807, 2.05) is 6.92 Å². The van der Waals surface area contributed by atoms with Crippen LogP contribution in [0.1, 0.15) is 33.1 Å².